The Hall–Kier alpha value is -1.82. The lowest BCUT2D eigenvalue weighted by Gasteiger charge is -1.69. The average Bonchev–Trinajstić information content (AvgIpc) is 2.62. The van der Waals surface area contributed by atoms with Crippen molar-refractivity contribution in [3.8, 4) is 0 Å². The van der Waals surface area contributed by atoms with Crippen LogP contribution in [0.1, 0.15) is 41.5 Å². The number of hydrogen-bond donors (Lipinski definition) is 0. The van der Waals surface area contributed by atoms with Crippen LogP contribution in [0.5, 0.6) is 0 Å². The van der Waals surface area contributed by atoms with Crippen molar-refractivity contribution in [3.05, 3.63) is 84.9 Å². The topological polar surface area (TPSA) is 0 Å². The summed E-state index contributed by atoms with van der Waals surface area (Å²) in [5.74, 6) is 0. The minimum atomic E-state index is 2.00. The van der Waals surface area contributed by atoms with Crippen molar-refractivity contribution in [2.24, 2.45) is 0 Å². The van der Waals surface area contributed by atoms with E-state index in [0.717, 1.165) is 0 Å². The summed E-state index contributed by atoms with van der Waals surface area (Å²) in [4.78, 5) is 0. The molecule has 0 bridgehead atoms. The molecule has 0 aliphatic heterocycles. The molecule has 0 nitrogen and oxygen atoms in total. The van der Waals surface area contributed by atoms with Crippen LogP contribution in [0, 0.1) is 0 Å². The van der Waals surface area contributed by atoms with Crippen LogP contribution in [0.15, 0.2) is 84.9 Å². The van der Waals surface area contributed by atoms with Gasteiger partial charge in [0.15, 0.2) is 0 Å². The first-order valence-corrected chi connectivity index (χ1v) is 7.49. The molecule has 0 amide bonds. The maximum atomic E-state index is 2.00. The molecule has 0 heteroatoms. The lowest BCUT2D eigenvalue weighted by molar-refractivity contribution is 1.50. The third kappa shape index (κ3) is 29.8. The Balaban J connectivity index is -0.000000196. The van der Waals surface area contributed by atoms with Gasteiger partial charge in [-0.05, 0) is 13.8 Å². The fourth-order valence-corrected chi connectivity index (χ4v) is 0.770. The summed E-state index contributed by atoms with van der Waals surface area (Å²) in [7, 11) is 0. The Morgan fingerprint density at radius 1 is 0.350 bits per heavy atom. The van der Waals surface area contributed by atoms with E-state index in [4.69, 9.17) is 0 Å². The summed E-state index contributed by atoms with van der Waals surface area (Å²) >= 11 is 0. The molecule has 0 spiro atoms. The molecule has 0 aliphatic rings. The van der Waals surface area contributed by atoms with Crippen LogP contribution in [0.2, 0.25) is 0 Å². The Kier molecular flexibility index (Phi) is 35.3. The van der Waals surface area contributed by atoms with Gasteiger partial charge in [0.1, 0.15) is 0 Å². The van der Waals surface area contributed by atoms with Crippen molar-refractivity contribution < 1.29 is 0 Å². The van der Waals surface area contributed by atoms with Crippen molar-refractivity contribution in [1.29, 1.82) is 0 Å². The maximum absolute atomic E-state index is 2.00. The third-order valence-corrected chi connectivity index (χ3v) is 1.67. The second kappa shape index (κ2) is 30.3. The van der Waals surface area contributed by atoms with E-state index in [9.17, 15) is 0 Å². The van der Waals surface area contributed by atoms with Gasteiger partial charge >= 0.3 is 0 Å². The summed E-state index contributed by atoms with van der Waals surface area (Å²) in [6, 6.07) is 24.0. The SMILES string of the molecule is CC.CC.CC=CC.c1ccccc1.c1ccccc1. The van der Waals surface area contributed by atoms with Crippen molar-refractivity contribution in [2.45, 2.75) is 41.5 Å². The van der Waals surface area contributed by atoms with Gasteiger partial charge in [-0.15, -0.1) is 0 Å². The molecule has 2 aromatic carbocycles. The Labute approximate surface area is 127 Å². The van der Waals surface area contributed by atoms with Crippen molar-refractivity contribution >= 4 is 0 Å². The summed E-state index contributed by atoms with van der Waals surface area (Å²) in [5, 5.41) is 0. The van der Waals surface area contributed by atoms with Crippen LogP contribution in [-0.4, -0.2) is 0 Å². The molecule has 112 valence electrons. The second-order valence-electron chi connectivity index (χ2n) is 2.98. The standard InChI is InChI=1S/2C6H6.C4H8.2C2H6/c2*1-2-4-6-5-3-1;1-3-4-2;2*1-2/h2*1-6H;3-4H,1-2H3;2*1-2H3. The maximum Gasteiger partial charge on any atom is -0.0470 e. The molecular weight excluding hydrogens is 240 g/mol. The van der Waals surface area contributed by atoms with E-state index in [1.165, 1.54) is 0 Å². The van der Waals surface area contributed by atoms with E-state index in [1.54, 1.807) is 0 Å². The highest BCUT2D eigenvalue weighted by atomic mass is 13.7. The van der Waals surface area contributed by atoms with E-state index in [0.29, 0.717) is 0 Å². The number of allylic oxidation sites excluding steroid dienone is 2. The van der Waals surface area contributed by atoms with E-state index < -0.39 is 0 Å². The highest BCUT2D eigenvalue weighted by molar-refractivity contribution is 4.99. The second-order valence-corrected chi connectivity index (χ2v) is 2.98. The molecule has 0 radical (unpaired) electrons. The fraction of sp³-hybridized carbons (Fsp3) is 0.300. The van der Waals surface area contributed by atoms with E-state index in [2.05, 4.69) is 0 Å². The van der Waals surface area contributed by atoms with Crippen LogP contribution >= 0.6 is 0 Å². The molecule has 0 atom stereocenters. The zero-order chi connectivity index (χ0) is 15.9. The fourth-order valence-electron chi connectivity index (χ4n) is 0.770. The van der Waals surface area contributed by atoms with E-state index in [1.807, 2.05) is 126 Å². The predicted molar refractivity (Wildman–Crippen MR) is 96.1 cm³/mol. The summed E-state index contributed by atoms with van der Waals surface area (Å²) in [5.41, 5.74) is 0. The van der Waals surface area contributed by atoms with Gasteiger partial charge < -0.3 is 0 Å². The van der Waals surface area contributed by atoms with Crippen LogP contribution in [0.3, 0.4) is 0 Å². The number of rotatable bonds is 0. The highest BCUT2D eigenvalue weighted by Gasteiger charge is 1.58. The molecule has 20 heavy (non-hydrogen) atoms. The molecule has 0 N–H and O–H groups in total. The molecular formula is C20H32. The van der Waals surface area contributed by atoms with Gasteiger partial charge in [-0.25, -0.2) is 0 Å². The monoisotopic (exact) mass is 272 g/mol. The molecule has 0 saturated heterocycles. The van der Waals surface area contributed by atoms with Crippen LogP contribution in [-0.2, 0) is 0 Å². The first-order chi connectivity index (χ1) is 9.91. The van der Waals surface area contributed by atoms with Crippen LogP contribution in [0.25, 0.3) is 0 Å². The third-order valence-electron chi connectivity index (χ3n) is 1.67. The summed E-state index contributed by atoms with van der Waals surface area (Å²) in [6.07, 6.45) is 4.00. The zero-order valence-corrected chi connectivity index (χ0v) is 14.1. The largest absolute Gasteiger partial charge is 0.0919 e. The van der Waals surface area contributed by atoms with Gasteiger partial charge in [-0.2, -0.15) is 0 Å². The molecule has 0 saturated carbocycles. The predicted octanol–water partition coefficient (Wildman–Crippen LogP) is 7.01. The molecule has 0 aliphatic carbocycles. The highest BCUT2D eigenvalue weighted by Crippen LogP contribution is 1.80. The van der Waals surface area contributed by atoms with Gasteiger partial charge in [0.25, 0.3) is 0 Å². The number of hydrogen-bond acceptors (Lipinski definition) is 0. The molecule has 0 unspecified atom stereocenters. The van der Waals surface area contributed by atoms with Crippen LogP contribution < -0.4 is 0 Å². The quantitative estimate of drug-likeness (QED) is 0.452. The molecule has 0 aromatic heterocycles. The lowest BCUT2D eigenvalue weighted by Crippen LogP contribution is -1.47. The van der Waals surface area contributed by atoms with Crippen molar-refractivity contribution in [3.63, 3.8) is 0 Å². The Morgan fingerprint density at radius 2 is 0.450 bits per heavy atom. The Bertz CT molecular complexity index is 233. The van der Waals surface area contributed by atoms with Gasteiger partial charge in [-0.1, -0.05) is 113 Å². The van der Waals surface area contributed by atoms with E-state index >= 15 is 0 Å². The summed E-state index contributed by atoms with van der Waals surface area (Å²) < 4.78 is 0. The van der Waals surface area contributed by atoms with Crippen LogP contribution in [0.4, 0.5) is 0 Å². The van der Waals surface area contributed by atoms with Gasteiger partial charge in [0.2, 0.25) is 0 Å². The van der Waals surface area contributed by atoms with Gasteiger partial charge in [0.05, 0.1) is 0 Å². The Morgan fingerprint density at radius 3 is 0.500 bits per heavy atom. The molecule has 0 heterocycles. The molecule has 0 fully saturated rings. The first-order valence-electron chi connectivity index (χ1n) is 7.49. The van der Waals surface area contributed by atoms with Crippen molar-refractivity contribution in [1.82, 2.24) is 0 Å². The molecule has 2 rings (SSSR count). The normalized spacial score (nSPS) is 7.30. The molecule has 2 aromatic rings. The van der Waals surface area contributed by atoms with Gasteiger partial charge in [-0.3, -0.25) is 0 Å². The number of benzene rings is 2. The smallest absolute Gasteiger partial charge is 0.0470 e. The van der Waals surface area contributed by atoms with Crippen molar-refractivity contribution in [2.75, 3.05) is 0 Å². The minimum Gasteiger partial charge on any atom is -0.0919 e. The minimum absolute atomic E-state index is 2.00. The average molecular weight is 272 g/mol. The van der Waals surface area contributed by atoms with E-state index in [-0.39, 0.29) is 0 Å². The first kappa shape index (κ1) is 23.3. The van der Waals surface area contributed by atoms with Gasteiger partial charge in [0, 0.05) is 0 Å². The summed E-state index contributed by atoms with van der Waals surface area (Å²) in [6.45, 7) is 12.0. The zero-order valence-electron chi connectivity index (χ0n) is 14.1. The lowest BCUT2D eigenvalue weighted by atomic mass is 10.4.